The molecule has 0 bridgehead atoms. The van der Waals surface area contributed by atoms with E-state index in [0.717, 1.165) is 11.4 Å². The van der Waals surface area contributed by atoms with Gasteiger partial charge in [0, 0.05) is 23.8 Å². The van der Waals surface area contributed by atoms with E-state index in [4.69, 9.17) is 0 Å². The average molecular weight is 589 g/mol. The van der Waals surface area contributed by atoms with E-state index in [0.29, 0.717) is 0 Å². The van der Waals surface area contributed by atoms with E-state index in [1.54, 1.807) is 0 Å². The lowest BCUT2D eigenvalue weighted by Crippen LogP contribution is -1.93. The third kappa shape index (κ3) is 5.04. The molecule has 2 heteroatoms. The van der Waals surface area contributed by atoms with Gasteiger partial charge in [-0.25, -0.2) is 0 Å². The van der Waals surface area contributed by atoms with E-state index in [-0.39, 0.29) is 0 Å². The lowest BCUT2D eigenvalue weighted by molar-refractivity contribution is 1.20. The third-order valence-corrected chi connectivity index (χ3v) is 8.89. The Hall–Kier alpha value is -5.86. The van der Waals surface area contributed by atoms with Crippen LogP contribution in [-0.2, 0) is 0 Å². The molecule has 8 rings (SSSR count). The van der Waals surface area contributed by atoms with Crippen LogP contribution in [0.15, 0.2) is 158 Å². The van der Waals surface area contributed by atoms with Gasteiger partial charge in [0.25, 0.3) is 0 Å². The van der Waals surface area contributed by atoms with Crippen molar-refractivity contribution >= 4 is 21.5 Å². The molecule has 2 nitrogen and oxygen atoms in total. The maximum absolute atomic E-state index is 4.43. The molecule has 0 spiro atoms. The van der Waals surface area contributed by atoms with Gasteiger partial charge >= 0.3 is 0 Å². The summed E-state index contributed by atoms with van der Waals surface area (Å²) < 4.78 is 0. The summed E-state index contributed by atoms with van der Waals surface area (Å²) in [4.78, 5) is 8.86. The summed E-state index contributed by atoms with van der Waals surface area (Å²) in [5.74, 6) is 0. The SMILES string of the molecule is Cc1cc(-c2cccc(-c3c4ccccc4c(-c4cccc(-c5ccnc(C)c5)c4)c4cc(-c5ccccc5)ccc34)c2)ccn1. The highest BCUT2D eigenvalue weighted by Gasteiger charge is 2.18. The van der Waals surface area contributed by atoms with Gasteiger partial charge in [-0.15, -0.1) is 0 Å². The lowest BCUT2D eigenvalue weighted by Gasteiger charge is -2.19. The second-order valence-corrected chi connectivity index (χ2v) is 12.0. The molecule has 0 saturated carbocycles. The first-order valence-corrected chi connectivity index (χ1v) is 15.7. The van der Waals surface area contributed by atoms with Crippen molar-refractivity contribution in [2.24, 2.45) is 0 Å². The van der Waals surface area contributed by atoms with Crippen molar-refractivity contribution in [1.29, 1.82) is 0 Å². The molecule has 0 aliphatic rings. The molecule has 0 radical (unpaired) electrons. The number of aromatic nitrogens is 2. The van der Waals surface area contributed by atoms with Crippen molar-refractivity contribution < 1.29 is 0 Å². The molecule has 218 valence electrons. The van der Waals surface area contributed by atoms with Crippen LogP contribution in [0.5, 0.6) is 0 Å². The highest BCUT2D eigenvalue weighted by molar-refractivity contribution is 6.22. The molecule has 0 fully saturated rings. The molecule has 0 aliphatic heterocycles. The highest BCUT2D eigenvalue weighted by Crippen LogP contribution is 2.45. The van der Waals surface area contributed by atoms with E-state index in [1.165, 1.54) is 77.2 Å². The van der Waals surface area contributed by atoms with Crippen molar-refractivity contribution in [3.63, 3.8) is 0 Å². The minimum absolute atomic E-state index is 1.01. The van der Waals surface area contributed by atoms with E-state index >= 15 is 0 Å². The summed E-state index contributed by atoms with van der Waals surface area (Å²) in [6.45, 7) is 4.09. The second kappa shape index (κ2) is 11.6. The Labute approximate surface area is 269 Å². The molecule has 0 N–H and O–H groups in total. The maximum Gasteiger partial charge on any atom is 0.0378 e. The Morgan fingerprint density at radius 2 is 0.739 bits per heavy atom. The van der Waals surface area contributed by atoms with Gasteiger partial charge in [0.05, 0.1) is 0 Å². The van der Waals surface area contributed by atoms with Crippen molar-refractivity contribution in [1.82, 2.24) is 9.97 Å². The average Bonchev–Trinajstić information content (AvgIpc) is 3.11. The van der Waals surface area contributed by atoms with Crippen LogP contribution >= 0.6 is 0 Å². The van der Waals surface area contributed by atoms with Gasteiger partial charge in [-0.1, -0.05) is 103 Å². The highest BCUT2D eigenvalue weighted by atomic mass is 14.7. The van der Waals surface area contributed by atoms with Crippen molar-refractivity contribution in [2.45, 2.75) is 13.8 Å². The third-order valence-electron chi connectivity index (χ3n) is 8.89. The van der Waals surface area contributed by atoms with Gasteiger partial charge in [0.2, 0.25) is 0 Å². The fourth-order valence-electron chi connectivity index (χ4n) is 6.77. The predicted molar refractivity (Wildman–Crippen MR) is 194 cm³/mol. The van der Waals surface area contributed by atoms with Crippen LogP contribution in [0.1, 0.15) is 11.4 Å². The van der Waals surface area contributed by atoms with Gasteiger partial charge in [-0.05, 0) is 133 Å². The van der Waals surface area contributed by atoms with E-state index in [2.05, 4.69) is 156 Å². The monoisotopic (exact) mass is 588 g/mol. The molecular formula is C44H32N2. The molecule has 46 heavy (non-hydrogen) atoms. The number of benzene rings is 6. The Kier molecular flexibility index (Phi) is 6.96. The zero-order chi connectivity index (χ0) is 31.0. The zero-order valence-corrected chi connectivity index (χ0v) is 25.9. The van der Waals surface area contributed by atoms with Crippen LogP contribution in [0.4, 0.5) is 0 Å². The zero-order valence-electron chi connectivity index (χ0n) is 25.9. The standard InChI is InChI=1S/C44H32N2/c1-29-24-35(20-22-45-29)32-12-8-14-37(26-32)43-39-16-6-7-17-40(39)44(38-15-9-13-33(27-38)36-21-23-46-30(2)25-36)42-28-34(18-19-41(42)43)31-10-4-3-5-11-31/h3-28H,1-2H3. The van der Waals surface area contributed by atoms with Crippen LogP contribution < -0.4 is 0 Å². The molecule has 0 amide bonds. The molecule has 6 aromatic carbocycles. The minimum atomic E-state index is 1.01. The number of aryl methyl sites for hydroxylation is 2. The predicted octanol–water partition coefficient (Wildman–Crippen LogP) is 11.7. The first-order valence-electron chi connectivity index (χ1n) is 15.7. The lowest BCUT2D eigenvalue weighted by atomic mass is 9.84. The summed E-state index contributed by atoms with van der Waals surface area (Å²) in [6.07, 6.45) is 3.79. The first kappa shape index (κ1) is 27.7. The van der Waals surface area contributed by atoms with Crippen molar-refractivity contribution in [2.75, 3.05) is 0 Å². The molecule has 0 atom stereocenters. The Bertz CT molecular complexity index is 2390. The second-order valence-electron chi connectivity index (χ2n) is 12.0. The van der Waals surface area contributed by atoms with Crippen molar-refractivity contribution in [3.8, 4) is 55.6 Å². The van der Waals surface area contributed by atoms with Crippen LogP contribution in [-0.4, -0.2) is 9.97 Å². The molecule has 0 unspecified atom stereocenters. The molecule has 0 aliphatic carbocycles. The van der Waals surface area contributed by atoms with Crippen molar-refractivity contribution in [3.05, 3.63) is 169 Å². The molecule has 2 aromatic heterocycles. The Morgan fingerprint density at radius 3 is 1.30 bits per heavy atom. The maximum atomic E-state index is 4.43. The number of hydrogen-bond acceptors (Lipinski definition) is 2. The van der Waals surface area contributed by atoms with Gasteiger partial charge in [0.15, 0.2) is 0 Å². The molecule has 8 aromatic rings. The van der Waals surface area contributed by atoms with Gasteiger partial charge in [-0.3, -0.25) is 9.97 Å². The van der Waals surface area contributed by atoms with E-state index < -0.39 is 0 Å². The number of fused-ring (bicyclic) bond motifs is 2. The summed E-state index contributed by atoms with van der Waals surface area (Å²) >= 11 is 0. The molecular weight excluding hydrogens is 556 g/mol. The van der Waals surface area contributed by atoms with Gasteiger partial charge in [0.1, 0.15) is 0 Å². The van der Waals surface area contributed by atoms with Crippen LogP contribution in [0.25, 0.3) is 77.2 Å². The minimum Gasteiger partial charge on any atom is -0.262 e. The van der Waals surface area contributed by atoms with Crippen LogP contribution in [0.3, 0.4) is 0 Å². The summed E-state index contributed by atoms with van der Waals surface area (Å²) in [7, 11) is 0. The fourth-order valence-corrected chi connectivity index (χ4v) is 6.77. The number of nitrogens with zero attached hydrogens (tertiary/aromatic N) is 2. The summed E-state index contributed by atoms with van der Waals surface area (Å²) in [5.41, 5.74) is 14.1. The van der Waals surface area contributed by atoms with Gasteiger partial charge < -0.3 is 0 Å². The fraction of sp³-hybridized carbons (Fsp3) is 0.0455. The van der Waals surface area contributed by atoms with E-state index in [1.807, 2.05) is 26.2 Å². The van der Waals surface area contributed by atoms with Crippen LogP contribution in [0, 0.1) is 13.8 Å². The first-order chi connectivity index (χ1) is 22.6. The smallest absolute Gasteiger partial charge is 0.0378 e. The molecule has 0 saturated heterocycles. The van der Waals surface area contributed by atoms with E-state index in [9.17, 15) is 0 Å². The largest absolute Gasteiger partial charge is 0.262 e. The summed E-state index contributed by atoms with van der Waals surface area (Å²) in [6, 6.07) is 52.9. The Morgan fingerprint density at radius 1 is 0.304 bits per heavy atom. The normalized spacial score (nSPS) is 11.3. The van der Waals surface area contributed by atoms with Crippen LogP contribution in [0.2, 0.25) is 0 Å². The summed E-state index contributed by atoms with van der Waals surface area (Å²) in [5, 5.41) is 4.96. The number of pyridine rings is 2. The quantitative estimate of drug-likeness (QED) is 0.187. The topological polar surface area (TPSA) is 25.8 Å². The molecule has 2 heterocycles. The number of hydrogen-bond donors (Lipinski definition) is 0. The number of rotatable bonds is 5. The Balaban J connectivity index is 1.44. The van der Waals surface area contributed by atoms with Gasteiger partial charge in [-0.2, -0.15) is 0 Å².